The first-order valence-corrected chi connectivity index (χ1v) is 7.14. The highest BCUT2D eigenvalue weighted by Crippen LogP contribution is 2.35. The molecule has 1 aromatic rings. The fourth-order valence-corrected chi connectivity index (χ4v) is 3.09. The van der Waals surface area contributed by atoms with E-state index in [-0.39, 0.29) is 17.6 Å². The molecule has 5 nitrogen and oxygen atoms in total. The third-order valence-electron chi connectivity index (χ3n) is 3.14. The van der Waals surface area contributed by atoms with E-state index in [0.29, 0.717) is 22.0 Å². The lowest BCUT2D eigenvalue weighted by Crippen LogP contribution is -2.26. The Hall–Kier alpha value is -1.58. The molecule has 1 fully saturated rings. The number of ether oxygens (including phenoxy) is 1. The van der Waals surface area contributed by atoms with Crippen molar-refractivity contribution in [1.82, 2.24) is 0 Å². The largest absolute Gasteiger partial charge is 0.396 e. The van der Waals surface area contributed by atoms with E-state index in [1.165, 1.54) is 24.7 Å². The SMILES string of the molecule is CC(=O)c1sc(NCC2CCCCO2)c(C#N)c1N. The van der Waals surface area contributed by atoms with Gasteiger partial charge in [0.15, 0.2) is 5.78 Å². The highest BCUT2D eigenvalue weighted by Gasteiger charge is 2.20. The molecule has 1 aromatic heterocycles. The van der Waals surface area contributed by atoms with E-state index in [2.05, 4.69) is 11.4 Å². The van der Waals surface area contributed by atoms with Gasteiger partial charge in [0.25, 0.3) is 0 Å². The Morgan fingerprint density at radius 1 is 1.63 bits per heavy atom. The quantitative estimate of drug-likeness (QED) is 0.826. The third-order valence-corrected chi connectivity index (χ3v) is 4.41. The summed E-state index contributed by atoms with van der Waals surface area (Å²) < 4.78 is 5.62. The van der Waals surface area contributed by atoms with Gasteiger partial charge in [-0.3, -0.25) is 4.79 Å². The van der Waals surface area contributed by atoms with E-state index in [1.54, 1.807) is 0 Å². The number of carbonyl (C=O) groups excluding carboxylic acids is 1. The molecular formula is C13H17N3O2S. The van der Waals surface area contributed by atoms with Crippen molar-refractivity contribution in [3.05, 3.63) is 10.4 Å². The number of hydrogen-bond acceptors (Lipinski definition) is 6. The van der Waals surface area contributed by atoms with Crippen LogP contribution in [0.2, 0.25) is 0 Å². The molecule has 1 aliphatic rings. The maximum absolute atomic E-state index is 11.4. The lowest BCUT2D eigenvalue weighted by atomic mass is 10.1. The molecule has 0 amide bonds. The third kappa shape index (κ3) is 3.06. The molecule has 1 unspecified atom stereocenters. The Bertz CT molecular complexity index is 513. The number of carbonyl (C=O) groups is 1. The fraction of sp³-hybridized carbons (Fsp3) is 0.538. The van der Waals surface area contributed by atoms with E-state index in [0.717, 1.165) is 19.4 Å². The van der Waals surface area contributed by atoms with Crippen molar-refractivity contribution in [2.24, 2.45) is 0 Å². The summed E-state index contributed by atoms with van der Waals surface area (Å²) in [6, 6.07) is 2.06. The Morgan fingerprint density at radius 2 is 2.42 bits per heavy atom. The number of nitrogens with two attached hydrogens (primary N) is 1. The average molecular weight is 279 g/mol. The van der Waals surface area contributed by atoms with Crippen LogP contribution >= 0.6 is 11.3 Å². The van der Waals surface area contributed by atoms with E-state index < -0.39 is 0 Å². The van der Waals surface area contributed by atoms with E-state index >= 15 is 0 Å². The first-order valence-electron chi connectivity index (χ1n) is 6.32. The molecule has 0 saturated carbocycles. The highest BCUT2D eigenvalue weighted by molar-refractivity contribution is 7.18. The number of nitrogen functional groups attached to an aromatic ring is 1. The zero-order chi connectivity index (χ0) is 13.8. The topological polar surface area (TPSA) is 88.1 Å². The van der Waals surface area contributed by atoms with Crippen LogP contribution in [0.4, 0.5) is 10.7 Å². The van der Waals surface area contributed by atoms with E-state index in [1.807, 2.05) is 0 Å². The zero-order valence-corrected chi connectivity index (χ0v) is 11.7. The molecule has 3 N–H and O–H groups in total. The van der Waals surface area contributed by atoms with E-state index in [4.69, 9.17) is 15.7 Å². The molecule has 1 aliphatic heterocycles. The molecule has 102 valence electrons. The fourth-order valence-electron chi connectivity index (χ4n) is 2.12. The summed E-state index contributed by atoms with van der Waals surface area (Å²) in [4.78, 5) is 11.9. The molecule has 0 aliphatic carbocycles. The van der Waals surface area contributed by atoms with Gasteiger partial charge in [0.05, 0.1) is 16.7 Å². The smallest absolute Gasteiger partial charge is 0.171 e. The van der Waals surface area contributed by atoms with Crippen LogP contribution in [0.1, 0.15) is 41.4 Å². The first kappa shape index (κ1) is 13.8. The van der Waals surface area contributed by atoms with Crippen LogP contribution in [0.5, 0.6) is 0 Å². The van der Waals surface area contributed by atoms with Gasteiger partial charge in [-0.25, -0.2) is 0 Å². The molecule has 0 bridgehead atoms. The monoisotopic (exact) mass is 279 g/mol. The summed E-state index contributed by atoms with van der Waals surface area (Å²) in [6.45, 7) is 2.89. The number of hydrogen-bond donors (Lipinski definition) is 2. The number of nitriles is 1. The molecule has 0 aromatic carbocycles. The van der Waals surface area contributed by atoms with Gasteiger partial charge in [-0.2, -0.15) is 5.26 Å². The Morgan fingerprint density at radius 3 is 3.00 bits per heavy atom. The normalized spacial score (nSPS) is 18.8. The van der Waals surface area contributed by atoms with Crippen molar-refractivity contribution >= 4 is 27.8 Å². The molecule has 19 heavy (non-hydrogen) atoms. The summed E-state index contributed by atoms with van der Waals surface area (Å²) in [5, 5.41) is 13.0. The molecule has 1 atom stereocenters. The number of Topliss-reactive ketones (excluding diaryl/α,β-unsaturated/α-hetero) is 1. The number of anilines is 2. The number of nitrogens with one attached hydrogen (secondary N) is 1. The standard InChI is InChI=1S/C13H17N3O2S/c1-8(17)12-11(15)10(6-14)13(19-12)16-7-9-4-2-3-5-18-9/h9,16H,2-5,7,15H2,1H3. The second kappa shape index (κ2) is 6.04. The summed E-state index contributed by atoms with van der Waals surface area (Å²) in [6.07, 6.45) is 3.47. The van der Waals surface area contributed by atoms with Crippen LogP contribution in [0, 0.1) is 11.3 Å². The van der Waals surface area contributed by atoms with E-state index in [9.17, 15) is 4.79 Å². The summed E-state index contributed by atoms with van der Waals surface area (Å²) in [5.41, 5.74) is 6.47. The number of thiophene rings is 1. The minimum atomic E-state index is -0.110. The van der Waals surface area contributed by atoms with Crippen molar-refractivity contribution in [2.75, 3.05) is 24.2 Å². The second-order valence-electron chi connectivity index (χ2n) is 4.59. The Kier molecular flexibility index (Phi) is 4.40. The van der Waals surface area contributed by atoms with Crippen LogP contribution in [0.25, 0.3) is 0 Å². The van der Waals surface area contributed by atoms with Gasteiger partial charge in [0.1, 0.15) is 16.6 Å². The summed E-state index contributed by atoms with van der Waals surface area (Å²) in [5.74, 6) is -0.110. The lowest BCUT2D eigenvalue weighted by molar-refractivity contribution is 0.0248. The number of ketones is 1. The maximum Gasteiger partial charge on any atom is 0.171 e. The summed E-state index contributed by atoms with van der Waals surface area (Å²) >= 11 is 1.24. The first-order chi connectivity index (χ1) is 9.13. The zero-order valence-electron chi connectivity index (χ0n) is 10.9. The molecule has 0 spiro atoms. The van der Waals surface area contributed by atoms with Crippen LogP contribution in [-0.4, -0.2) is 25.0 Å². The minimum absolute atomic E-state index is 0.110. The van der Waals surface area contributed by atoms with Crippen molar-refractivity contribution in [3.8, 4) is 6.07 Å². The highest BCUT2D eigenvalue weighted by atomic mass is 32.1. The average Bonchev–Trinajstić information content (AvgIpc) is 2.74. The molecule has 0 radical (unpaired) electrons. The molecule has 6 heteroatoms. The van der Waals surface area contributed by atoms with Gasteiger partial charge in [0, 0.05) is 20.1 Å². The van der Waals surface area contributed by atoms with Crippen LogP contribution in [-0.2, 0) is 4.74 Å². The van der Waals surface area contributed by atoms with Crippen molar-refractivity contribution in [2.45, 2.75) is 32.3 Å². The van der Waals surface area contributed by atoms with Gasteiger partial charge in [-0.1, -0.05) is 0 Å². The summed E-state index contributed by atoms with van der Waals surface area (Å²) in [7, 11) is 0. The Labute approximate surface area is 116 Å². The predicted octanol–water partition coefficient (Wildman–Crippen LogP) is 2.39. The van der Waals surface area contributed by atoms with Gasteiger partial charge >= 0.3 is 0 Å². The van der Waals surface area contributed by atoms with Crippen molar-refractivity contribution < 1.29 is 9.53 Å². The van der Waals surface area contributed by atoms with Gasteiger partial charge in [-0.05, 0) is 19.3 Å². The molecular weight excluding hydrogens is 262 g/mol. The maximum atomic E-state index is 11.4. The predicted molar refractivity (Wildman–Crippen MR) is 75.5 cm³/mol. The number of rotatable bonds is 4. The van der Waals surface area contributed by atoms with Crippen molar-refractivity contribution in [1.29, 1.82) is 5.26 Å². The van der Waals surface area contributed by atoms with Crippen LogP contribution in [0.3, 0.4) is 0 Å². The van der Waals surface area contributed by atoms with Gasteiger partial charge in [-0.15, -0.1) is 11.3 Å². The van der Waals surface area contributed by atoms with Crippen molar-refractivity contribution in [3.63, 3.8) is 0 Å². The molecule has 1 saturated heterocycles. The number of nitrogens with zero attached hydrogens (tertiary/aromatic N) is 1. The molecule has 2 heterocycles. The molecule has 2 rings (SSSR count). The van der Waals surface area contributed by atoms with Crippen LogP contribution < -0.4 is 11.1 Å². The van der Waals surface area contributed by atoms with Crippen LogP contribution in [0.15, 0.2) is 0 Å². The minimum Gasteiger partial charge on any atom is -0.396 e. The van der Waals surface area contributed by atoms with Gasteiger partial charge < -0.3 is 15.8 Å². The Balaban J connectivity index is 2.09. The van der Waals surface area contributed by atoms with Gasteiger partial charge in [0.2, 0.25) is 0 Å². The lowest BCUT2D eigenvalue weighted by Gasteiger charge is -2.22. The second-order valence-corrected chi connectivity index (χ2v) is 5.61.